The van der Waals surface area contributed by atoms with Crippen LogP contribution >= 0.6 is 0 Å². The van der Waals surface area contributed by atoms with Gasteiger partial charge in [0.05, 0.1) is 38.0 Å². The normalized spacial score (nSPS) is 15.8. The number of carbonyl (C=O) groups is 3. The summed E-state index contributed by atoms with van der Waals surface area (Å²) in [6, 6.07) is 10.3. The first-order valence-corrected chi connectivity index (χ1v) is 22.1. The average molecular weight is 919 g/mol. The molecule has 0 saturated heterocycles. The van der Waals surface area contributed by atoms with Gasteiger partial charge in [0.25, 0.3) is 40.5 Å². The van der Waals surface area contributed by atoms with Gasteiger partial charge in [0.1, 0.15) is 21.3 Å². The summed E-state index contributed by atoms with van der Waals surface area (Å²) < 4.78 is 135. The maximum Gasteiger partial charge on any atom is 0.296 e. The second kappa shape index (κ2) is 15.3. The Balaban J connectivity index is 1.28. The van der Waals surface area contributed by atoms with Crippen LogP contribution in [0.15, 0.2) is 90.5 Å². The number of hydrogen-bond donors (Lipinski definition) is 10. The summed E-state index contributed by atoms with van der Waals surface area (Å²) >= 11 is 0. The number of nitrogens with zero attached hydrogens (tertiary/aromatic N) is 2. The minimum atomic E-state index is -5.26. The highest BCUT2D eigenvalue weighted by molar-refractivity contribution is 7.91. The molecule has 318 valence electrons. The van der Waals surface area contributed by atoms with E-state index in [-0.39, 0.29) is 28.1 Å². The minimum Gasteiger partial charge on any atom is -0.506 e. The molecule has 2 aliphatic rings. The molecule has 1 amide bonds. The van der Waals surface area contributed by atoms with Gasteiger partial charge >= 0.3 is 0 Å². The molecule has 27 heteroatoms. The van der Waals surface area contributed by atoms with Crippen LogP contribution < -0.4 is 21.9 Å². The van der Waals surface area contributed by atoms with E-state index in [1.54, 1.807) is 0 Å². The van der Waals surface area contributed by atoms with Crippen LogP contribution in [0.1, 0.15) is 38.8 Å². The Bertz CT molecular complexity index is 3270. The van der Waals surface area contributed by atoms with Gasteiger partial charge in [-0.2, -0.15) is 43.9 Å². The third kappa shape index (κ3) is 8.88. The number of aromatic hydroxyl groups is 2. The third-order valence-corrected chi connectivity index (χ3v) is 12.0. The second-order valence-electron chi connectivity index (χ2n) is 12.8. The lowest BCUT2D eigenvalue weighted by atomic mass is 9.93. The molecule has 0 aliphatic heterocycles. The van der Waals surface area contributed by atoms with E-state index in [9.17, 15) is 76.5 Å². The summed E-state index contributed by atoms with van der Waals surface area (Å²) in [5.41, 5.74) is 5.87. The van der Waals surface area contributed by atoms with Crippen molar-refractivity contribution >= 4 is 104 Å². The van der Waals surface area contributed by atoms with Crippen molar-refractivity contribution in [1.29, 1.82) is 0 Å². The Labute approximate surface area is 343 Å². The van der Waals surface area contributed by atoms with Crippen LogP contribution in [0.5, 0.6) is 11.5 Å². The number of ketones is 2. The number of nitrogens with two attached hydrogens (primary N) is 1. The molecule has 0 bridgehead atoms. The molecule has 0 radical (unpaired) electrons. The summed E-state index contributed by atoms with van der Waals surface area (Å²) in [4.78, 5) is 35.0. The van der Waals surface area contributed by atoms with Gasteiger partial charge in [0.2, 0.25) is 17.5 Å². The standard InChI is InChI=1S/C34H26N6O17S4/c1-14(41)36-24-13-20(59(49,50)51)7-18-11-28(61(55,56)57)32(34(45)30(18)24)40-38-23-5-3-16(9-26(23)43)15-2-4-22(25(42)8-15)37-39-31-27(60(52,53)54)10-17-6-19(58(46,47)48)12-21(35)29(17)33(31)44/h2-13,37-38,42-43H,35H2,1H3,(H,36,41)(H,46,47,48)(H,49,50,51)(H,52,53,54)(H,55,56,57). The van der Waals surface area contributed by atoms with Crippen molar-refractivity contribution in [3.63, 3.8) is 0 Å². The Morgan fingerprint density at radius 2 is 0.984 bits per heavy atom. The minimum absolute atomic E-state index is 0.218. The van der Waals surface area contributed by atoms with E-state index in [0.717, 1.165) is 43.3 Å². The molecule has 0 fully saturated rings. The smallest absolute Gasteiger partial charge is 0.296 e. The number of hydrogen-bond acceptors (Lipinski definition) is 18. The summed E-state index contributed by atoms with van der Waals surface area (Å²) in [5, 5.41) is 31.3. The number of phenols is 2. The molecular weight excluding hydrogens is 893 g/mol. The molecule has 0 unspecified atom stereocenters. The molecule has 4 aromatic carbocycles. The molecule has 11 N–H and O–H groups in total. The maximum atomic E-state index is 13.6. The zero-order valence-corrected chi connectivity index (χ0v) is 33.5. The summed E-state index contributed by atoms with van der Waals surface area (Å²) in [7, 11) is -20.3. The number of carbonyl (C=O) groups excluding carboxylic acids is 3. The first kappa shape index (κ1) is 43.7. The number of nitrogen functional groups attached to an aromatic ring is 1. The van der Waals surface area contributed by atoms with Crippen molar-refractivity contribution in [2.75, 3.05) is 21.9 Å². The highest BCUT2D eigenvalue weighted by Crippen LogP contribution is 2.37. The molecule has 2 aliphatic carbocycles. The van der Waals surface area contributed by atoms with Gasteiger partial charge in [-0.1, -0.05) is 12.1 Å². The quantitative estimate of drug-likeness (QED) is 0.0473. The van der Waals surface area contributed by atoms with Gasteiger partial charge in [-0.3, -0.25) is 43.4 Å². The topological polar surface area (TPSA) is 396 Å². The number of nitrogens with one attached hydrogen (secondary N) is 3. The van der Waals surface area contributed by atoms with Crippen LogP contribution in [0.25, 0.3) is 23.3 Å². The molecular formula is C34H26N6O17S4. The predicted molar refractivity (Wildman–Crippen MR) is 216 cm³/mol. The fourth-order valence-corrected chi connectivity index (χ4v) is 8.37. The van der Waals surface area contributed by atoms with Crippen LogP contribution in [-0.4, -0.2) is 91.0 Å². The fraction of sp³-hybridized carbons (Fsp3) is 0.0294. The van der Waals surface area contributed by atoms with E-state index >= 15 is 0 Å². The van der Waals surface area contributed by atoms with E-state index in [1.165, 1.54) is 24.3 Å². The van der Waals surface area contributed by atoms with Crippen molar-refractivity contribution in [2.24, 2.45) is 10.2 Å². The number of benzene rings is 4. The van der Waals surface area contributed by atoms with Gasteiger partial charge in [0, 0.05) is 12.6 Å². The van der Waals surface area contributed by atoms with Gasteiger partial charge < -0.3 is 21.3 Å². The summed E-state index contributed by atoms with van der Waals surface area (Å²) in [6.45, 7) is 1.01. The number of fused-ring (bicyclic) bond motifs is 2. The second-order valence-corrected chi connectivity index (χ2v) is 18.4. The molecule has 61 heavy (non-hydrogen) atoms. The monoisotopic (exact) mass is 918 g/mol. The van der Waals surface area contributed by atoms with Crippen LogP contribution in [0.3, 0.4) is 0 Å². The van der Waals surface area contributed by atoms with E-state index in [0.29, 0.717) is 12.2 Å². The zero-order chi connectivity index (χ0) is 45.1. The Morgan fingerprint density at radius 1 is 0.574 bits per heavy atom. The molecule has 4 aromatic rings. The van der Waals surface area contributed by atoms with Crippen LogP contribution in [0, 0.1) is 0 Å². The Morgan fingerprint density at radius 3 is 1.38 bits per heavy atom. The first-order chi connectivity index (χ1) is 28.1. The predicted octanol–water partition coefficient (Wildman–Crippen LogP) is 2.58. The number of phenolic OH excluding ortho intramolecular Hbond substituents is 2. The van der Waals surface area contributed by atoms with Crippen molar-refractivity contribution in [1.82, 2.24) is 0 Å². The Kier molecular flexibility index (Phi) is 11.0. The van der Waals surface area contributed by atoms with E-state index in [4.69, 9.17) is 5.73 Å². The van der Waals surface area contributed by atoms with E-state index in [1.807, 2.05) is 0 Å². The number of anilines is 4. The van der Waals surface area contributed by atoms with Gasteiger partial charge in [-0.15, -0.1) is 0 Å². The highest BCUT2D eigenvalue weighted by Gasteiger charge is 2.37. The third-order valence-electron chi connectivity index (χ3n) is 8.61. The number of rotatable bonds is 10. The lowest BCUT2D eigenvalue weighted by molar-refractivity contribution is -0.114. The molecule has 0 spiro atoms. The van der Waals surface area contributed by atoms with Gasteiger partial charge in [-0.25, -0.2) is 0 Å². The number of amides is 1. The first-order valence-electron chi connectivity index (χ1n) is 16.3. The Hall–Kier alpha value is -6.85. The van der Waals surface area contributed by atoms with Crippen LogP contribution in [0.2, 0.25) is 0 Å². The lowest BCUT2D eigenvalue weighted by Gasteiger charge is -2.20. The number of allylic oxidation sites excluding steroid dienone is 2. The van der Waals surface area contributed by atoms with E-state index in [2.05, 4.69) is 26.4 Å². The molecule has 0 atom stereocenters. The summed E-state index contributed by atoms with van der Waals surface area (Å²) in [6.07, 6.45) is 1.37. The maximum absolute atomic E-state index is 13.6. The number of Topliss-reactive ketones (excluding diaryl/α,β-unsaturated/α-hetero) is 2. The molecule has 6 rings (SSSR count). The van der Waals surface area contributed by atoms with Crippen molar-refractivity contribution in [3.8, 4) is 22.6 Å². The molecule has 0 aromatic heterocycles. The van der Waals surface area contributed by atoms with Gasteiger partial charge in [-0.05, 0) is 82.9 Å². The lowest BCUT2D eigenvalue weighted by Crippen LogP contribution is -2.28. The molecule has 0 heterocycles. The average Bonchev–Trinajstić information content (AvgIpc) is 3.12. The highest BCUT2D eigenvalue weighted by atomic mass is 32.2. The molecule has 0 saturated carbocycles. The largest absolute Gasteiger partial charge is 0.506 e. The van der Waals surface area contributed by atoms with Gasteiger partial charge in [0.15, 0.2) is 11.4 Å². The van der Waals surface area contributed by atoms with Crippen LogP contribution in [0.4, 0.5) is 22.7 Å². The van der Waals surface area contributed by atoms with E-state index < -0.39 is 129 Å². The molecule has 23 nitrogen and oxygen atoms in total. The van der Waals surface area contributed by atoms with Crippen molar-refractivity contribution < 1.29 is 76.5 Å². The van der Waals surface area contributed by atoms with Crippen molar-refractivity contribution in [2.45, 2.75) is 16.7 Å². The van der Waals surface area contributed by atoms with Crippen molar-refractivity contribution in [3.05, 3.63) is 92.7 Å². The number of hydrazone groups is 2. The van der Waals surface area contributed by atoms with Crippen LogP contribution in [-0.2, 0) is 45.3 Å². The fourth-order valence-electron chi connectivity index (χ4n) is 5.95. The summed E-state index contributed by atoms with van der Waals surface area (Å²) in [5.74, 6) is -4.35. The zero-order valence-electron chi connectivity index (χ0n) is 30.2. The SMILES string of the molecule is CC(=O)Nc1cc(S(=O)(=O)O)cc2c1C(=O)C(=NNc1ccc(-c3ccc(NN=C4C(=O)c5c(N)cc(S(=O)(=O)O)cc5C=C4S(=O)(=O)O)c(O)c3)cc1O)C(S(=O)(=O)O)=C2.